The minimum Gasteiger partial charge on any atom is -0.385 e. The Hall–Kier alpha value is -1.88. The first-order valence-electron chi connectivity index (χ1n) is 11.4. The van der Waals surface area contributed by atoms with E-state index >= 15 is 0 Å². The summed E-state index contributed by atoms with van der Waals surface area (Å²) in [5.41, 5.74) is 3.43. The van der Waals surface area contributed by atoms with E-state index in [9.17, 15) is 9.50 Å². The van der Waals surface area contributed by atoms with Crippen molar-refractivity contribution in [3.05, 3.63) is 70.1 Å². The Morgan fingerprint density at radius 1 is 1.13 bits per heavy atom. The van der Waals surface area contributed by atoms with Crippen LogP contribution in [0.5, 0.6) is 0 Å². The number of hydrogen-bond acceptors (Lipinski definition) is 2. The molecule has 3 aromatic rings. The molecule has 0 spiro atoms. The Morgan fingerprint density at radius 3 is 2.61 bits per heavy atom. The van der Waals surface area contributed by atoms with E-state index in [1.54, 1.807) is 12.1 Å². The van der Waals surface area contributed by atoms with Crippen LogP contribution < -0.4 is 0 Å². The summed E-state index contributed by atoms with van der Waals surface area (Å²) < 4.78 is 13.7. The summed E-state index contributed by atoms with van der Waals surface area (Å²) in [5.74, 6) is -0.0800. The summed E-state index contributed by atoms with van der Waals surface area (Å²) in [4.78, 5) is 5.98. The van der Waals surface area contributed by atoms with Crippen LogP contribution >= 0.6 is 11.6 Å². The third-order valence-corrected chi connectivity index (χ3v) is 7.85. The lowest BCUT2D eigenvalue weighted by Gasteiger charge is -2.44. The molecule has 1 aliphatic heterocycles. The van der Waals surface area contributed by atoms with Crippen LogP contribution in [-0.4, -0.2) is 28.6 Å². The van der Waals surface area contributed by atoms with Gasteiger partial charge in [-0.05, 0) is 73.7 Å². The van der Waals surface area contributed by atoms with Crippen LogP contribution in [0.3, 0.4) is 0 Å². The number of H-pyrrole nitrogens is 1. The Morgan fingerprint density at radius 2 is 1.87 bits per heavy atom. The fourth-order valence-electron chi connectivity index (χ4n) is 5.85. The van der Waals surface area contributed by atoms with E-state index in [0.29, 0.717) is 6.42 Å². The zero-order valence-corrected chi connectivity index (χ0v) is 18.8. The lowest BCUT2D eigenvalue weighted by Crippen LogP contribution is -2.42. The van der Waals surface area contributed by atoms with Gasteiger partial charge in [0.15, 0.2) is 0 Å². The summed E-state index contributed by atoms with van der Waals surface area (Å²) in [7, 11) is 2.14. The maximum absolute atomic E-state index is 13.7. The van der Waals surface area contributed by atoms with Crippen LogP contribution in [0.2, 0.25) is 5.02 Å². The molecular weight excluding hydrogens is 411 g/mol. The summed E-state index contributed by atoms with van der Waals surface area (Å²) in [6, 6.07) is 12.6. The standard InChI is InChI=1S/C26H30ClFN2O/c1-30-14-13-21-22-15-19(27)9-12-23(22)29-25(21)24(30)16-26(31,17-5-3-2-4-6-17)18-7-10-20(28)11-8-18/h7-12,15,17,24,29,31H,2-6,13-14,16H2,1H3. The zero-order chi connectivity index (χ0) is 21.6. The van der Waals surface area contributed by atoms with Crippen LogP contribution in [0.1, 0.15) is 61.4 Å². The first kappa shape index (κ1) is 21.0. The highest BCUT2D eigenvalue weighted by atomic mass is 35.5. The summed E-state index contributed by atoms with van der Waals surface area (Å²) in [6.45, 7) is 0.932. The molecule has 2 N–H and O–H groups in total. The van der Waals surface area contributed by atoms with Gasteiger partial charge in [-0.3, -0.25) is 4.90 Å². The monoisotopic (exact) mass is 440 g/mol. The van der Waals surface area contributed by atoms with Gasteiger partial charge in [0, 0.05) is 34.6 Å². The third kappa shape index (κ3) is 3.79. The van der Waals surface area contributed by atoms with Gasteiger partial charge < -0.3 is 10.1 Å². The maximum atomic E-state index is 13.7. The second-order valence-corrected chi connectivity index (χ2v) is 9.86. The zero-order valence-electron chi connectivity index (χ0n) is 18.0. The average Bonchev–Trinajstić information content (AvgIpc) is 3.14. The molecule has 0 saturated heterocycles. The van der Waals surface area contributed by atoms with E-state index in [2.05, 4.69) is 16.9 Å². The van der Waals surface area contributed by atoms with E-state index in [0.717, 1.165) is 54.8 Å². The van der Waals surface area contributed by atoms with Crippen molar-refractivity contribution in [3.8, 4) is 0 Å². The Labute approximate surface area is 188 Å². The number of aliphatic hydroxyl groups is 1. The largest absolute Gasteiger partial charge is 0.385 e. The highest BCUT2D eigenvalue weighted by Crippen LogP contribution is 2.47. The van der Waals surface area contributed by atoms with Gasteiger partial charge >= 0.3 is 0 Å². The van der Waals surface area contributed by atoms with E-state index < -0.39 is 5.60 Å². The molecule has 1 saturated carbocycles. The third-order valence-electron chi connectivity index (χ3n) is 7.61. The van der Waals surface area contributed by atoms with Crippen LogP contribution in [0, 0.1) is 11.7 Å². The first-order chi connectivity index (χ1) is 15.0. The van der Waals surface area contributed by atoms with Gasteiger partial charge in [0.05, 0.1) is 11.6 Å². The molecule has 3 nitrogen and oxygen atoms in total. The fourth-order valence-corrected chi connectivity index (χ4v) is 6.02. The Balaban J connectivity index is 1.57. The minimum absolute atomic E-state index is 0.0619. The molecule has 2 atom stereocenters. The van der Waals surface area contributed by atoms with Gasteiger partial charge in [0.2, 0.25) is 0 Å². The number of halogens is 2. The maximum Gasteiger partial charge on any atom is 0.123 e. The number of rotatable bonds is 4. The van der Waals surface area contributed by atoms with Gasteiger partial charge in [-0.25, -0.2) is 4.39 Å². The Bertz CT molecular complexity index is 1070. The molecule has 1 aliphatic carbocycles. The van der Waals surface area contributed by atoms with Crippen molar-refractivity contribution in [2.45, 2.75) is 56.6 Å². The van der Waals surface area contributed by atoms with Crippen molar-refractivity contribution in [3.63, 3.8) is 0 Å². The molecule has 1 aromatic heterocycles. The van der Waals surface area contributed by atoms with Crippen LogP contribution in [0.25, 0.3) is 10.9 Å². The average molecular weight is 441 g/mol. The SMILES string of the molecule is CN1CCc2c([nH]c3ccc(Cl)cc23)C1CC(O)(c1ccc(F)cc1)C1CCCCC1. The van der Waals surface area contributed by atoms with Crippen molar-refractivity contribution >= 4 is 22.5 Å². The lowest BCUT2D eigenvalue weighted by molar-refractivity contribution is -0.0652. The molecule has 2 unspecified atom stereocenters. The molecule has 2 aromatic carbocycles. The number of likely N-dealkylation sites (N-methyl/N-ethyl adjacent to an activating group) is 1. The minimum atomic E-state index is -0.989. The quantitative estimate of drug-likeness (QED) is 0.496. The second kappa shape index (κ2) is 8.23. The summed E-state index contributed by atoms with van der Waals surface area (Å²) in [6.07, 6.45) is 7.09. The van der Waals surface area contributed by atoms with E-state index in [4.69, 9.17) is 11.6 Å². The number of hydrogen-bond donors (Lipinski definition) is 2. The summed E-state index contributed by atoms with van der Waals surface area (Å²) >= 11 is 6.29. The number of aromatic nitrogens is 1. The molecule has 2 heterocycles. The number of aromatic amines is 1. The lowest BCUT2D eigenvalue weighted by atomic mass is 9.69. The van der Waals surface area contributed by atoms with Crippen molar-refractivity contribution < 1.29 is 9.50 Å². The van der Waals surface area contributed by atoms with Crippen molar-refractivity contribution in [2.75, 3.05) is 13.6 Å². The number of fused-ring (bicyclic) bond motifs is 3. The number of nitrogens with one attached hydrogen (secondary N) is 1. The van der Waals surface area contributed by atoms with Crippen LogP contribution in [0.4, 0.5) is 4.39 Å². The number of benzene rings is 2. The van der Waals surface area contributed by atoms with Gasteiger partial charge in [-0.15, -0.1) is 0 Å². The predicted molar refractivity (Wildman–Crippen MR) is 124 cm³/mol. The molecule has 5 heteroatoms. The molecule has 0 amide bonds. The van der Waals surface area contributed by atoms with Gasteiger partial charge in [0.1, 0.15) is 5.82 Å². The first-order valence-corrected chi connectivity index (χ1v) is 11.8. The molecule has 1 fully saturated rings. The fraction of sp³-hybridized carbons (Fsp3) is 0.462. The van der Waals surface area contributed by atoms with E-state index in [1.807, 2.05) is 18.2 Å². The van der Waals surface area contributed by atoms with Gasteiger partial charge in [-0.1, -0.05) is 43.0 Å². The molecule has 0 radical (unpaired) electrons. The van der Waals surface area contributed by atoms with Crippen molar-refractivity contribution in [1.82, 2.24) is 9.88 Å². The molecular formula is C26H30ClFN2O. The topological polar surface area (TPSA) is 39.3 Å². The summed E-state index contributed by atoms with van der Waals surface area (Å²) in [5, 5.41) is 14.2. The second-order valence-electron chi connectivity index (χ2n) is 9.42. The molecule has 31 heavy (non-hydrogen) atoms. The van der Waals surface area contributed by atoms with Crippen molar-refractivity contribution in [2.24, 2.45) is 5.92 Å². The highest BCUT2D eigenvalue weighted by Gasteiger charge is 2.43. The highest BCUT2D eigenvalue weighted by molar-refractivity contribution is 6.31. The van der Waals surface area contributed by atoms with Crippen LogP contribution in [0.15, 0.2) is 42.5 Å². The van der Waals surface area contributed by atoms with E-state index in [1.165, 1.54) is 35.2 Å². The molecule has 0 bridgehead atoms. The predicted octanol–water partition coefficient (Wildman–Crippen LogP) is 6.35. The number of nitrogens with zero attached hydrogens (tertiary/aromatic N) is 1. The van der Waals surface area contributed by atoms with Crippen LogP contribution in [-0.2, 0) is 12.0 Å². The van der Waals surface area contributed by atoms with Gasteiger partial charge in [0.25, 0.3) is 0 Å². The Kier molecular flexibility index (Phi) is 5.58. The van der Waals surface area contributed by atoms with E-state index in [-0.39, 0.29) is 17.8 Å². The molecule has 5 rings (SSSR count). The molecule has 164 valence electrons. The van der Waals surface area contributed by atoms with Crippen molar-refractivity contribution in [1.29, 1.82) is 0 Å². The normalized spacial score (nSPS) is 22.4. The van der Waals surface area contributed by atoms with Gasteiger partial charge in [-0.2, -0.15) is 0 Å². The molecule has 2 aliphatic rings. The smallest absolute Gasteiger partial charge is 0.123 e.